The molecule has 1 atom stereocenters. The Morgan fingerprint density at radius 3 is 2.42 bits per heavy atom. The van der Waals surface area contributed by atoms with E-state index in [2.05, 4.69) is 62.2 Å². The predicted octanol–water partition coefficient (Wildman–Crippen LogP) is 2.23. The minimum absolute atomic E-state index is 0.0660. The Hall–Kier alpha value is -2.18. The molecule has 0 bridgehead atoms. The lowest BCUT2D eigenvalue weighted by Crippen LogP contribution is -2.43. The molecule has 7 heteroatoms. The molecule has 1 amide bonds. The Bertz CT molecular complexity index is 767. The number of carbonyl (C=O) groups is 1. The Morgan fingerprint density at radius 2 is 1.83 bits per heavy atom. The van der Waals surface area contributed by atoms with Crippen molar-refractivity contribution in [1.29, 1.82) is 0 Å². The molecule has 24 heavy (non-hydrogen) atoms. The first kappa shape index (κ1) is 16.7. The quantitative estimate of drug-likeness (QED) is 0.914. The van der Waals surface area contributed by atoms with Crippen molar-refractivity contribution in [3.63, 3.8) is 0 Å². The number of hydrogen-bond donors (Lipinski definition) is 1. The van der Waals surface area contributed by atoms with Gasteiger partial charge in [-0.25, -0.2) is 0 Å². The first-order valence-electron chi connectivity index (χ1n) is 8.36. The van der Waals surface area contributed by atoms with E-state index in [1.54, 1.807) is 4.52 Å². The van der Waals surface area contributed by atoms with E-state index in [0.29, 0.717) is 13.0 Å². The molecular formula is C17H26N6O. The Morgan fingerprint density at radius 1 is 1.12 bits per heavy atom. The maximum absolute atomic E-state index is 12.2. The van der Waals surface area contributed by atoms with Gasteiger partial charge in [-0.1, -0.05) is 20.8 Å². The van der Waals surface area contributed by atoms with Crippen LogP contribution in [-0.2, 0) is 10.2 Å². The van der Waals surface area contributed by atoms with Gasteiger partial charge in [0.15, 0.2) is 11.5 Å². The van der Waals surface area contributed by atoms with E-state index in [1.165, 1.54) is 0 Å². The van der Waals surface area contributed by atoms with Gasteiger partial charge in [0.25, 0.3) is 0 Å². The fourth-order valence-corrected chi connectivity index (χ4v) is 3.00. The van der Waals surface area contributed by atoms with Crippen LogP contribution in [0.4, 0.5) is 5.82 Å². The highest BCUT2D eigenvalue weighted by atomic mass is 16.2. The second-order valence-corrected chi connectivity index (χ2v) is 8.48. The van der Waals surface area contributed by atoms with Gasteiger partial charge in [0, 0.05) is 23.9 Å². The average molecular weight is 330 g/mol. The second-order valence-electron chi connectivity index (χ2n) is 8.48. The number of anilines is 1. The molecule has 1 saturated heterocycles. The maximum Gasteiger partial charge on any atom is 0.225 e. The lowest BCUT2D eigenvalue weighted by atomic mass is 9.96. The van der Waals surface area contributed by atoms with E-state index < -0.39 is 0 Å². The van der Waals surface area contributed by atoms with Gasteiger partial charge in [0.1, 0.15) is 5.82 Å². The first-order valence-corrected chi connectivity index (χ1v) is 8.36. The molecule has 130 valence electrons. The number of likely N-dealkylation sites (tertiary alicyclic amines) is 1. The van der Waals surface area contributed by atoms with Crippen LogP contribution in [0.3, 0.4) is 0 Å². The summed E-state index contributed by atoms with van der Waals surface area (Å²) in [6, 6.07) is 3.85. The molecule has 0 aliphatic carbocycles. The van der Waals surface area contributed by atoms with Crippen molar-refractivity contribution in [1.82, 2.24) is 24.7 Å². The van der Waals surface area contributed by atoms with Crippen LogP contribution in [0.15, 0.2) is 12.1 Å². The van der Waals surface area contributed by atoms with Gasteiger partial charge < -0.3 is 10.2 Å². The van der Waals surface area contributed by atoms with Crippen molar-refractivity contribution in [2.24, 2.45) is 0 Å². The zero-order chi connectivity index (χ0) is 17.7. The number of nitrogens with one attached hydrogen (secondary N) is 1. The van der Waals surface area contributed by atoms with E-state index in [4.69, 9.17) is 0 Å². The van der Waals surface area contributed by atoms with E-state index in [1.807, 2.05) is 17.0 Å². The monoisotopic (exact) mass is 330 g/mol. The summed E-state index contributed by atoms with van der Waals surface area (Å²) in [4.78, 5) is 14.1. The topological polar surface area (TPSA) is 75.4 Å². The van der Waals surface area contributed by atoms with Gasteiger partial charge in [-0.2, -0.15) is 4.52 Å². The zero-order valence-corrected chi connectivity index (χ0v) is 15.3. The summed E-state index contributed by atoms with van der Waals surface area (Å²) < 4.78 is 1.78. The minimum Gasteiger partial charge on any atom is -0.364 e. The van der Waals surface area contributed by atoms with E-state index in [9.17, 15) is 4.79 Å². The molecule has 1 unspecified atom stereocenters. The highest BCUT2D eigenvalue weighted by molar-refractivity contribution is 5.80. The summed E-state index contributed by atoms with van der Waals surface area (Å²) >= 11 is 0. The molecular weight excluding hydrogens is 304 g/mol. The van der Waals surface area contributed by atoms with E-state index in [-0.39, 0.29) is 22.9 Å². The Labute approximate surface area is 142 Å². The van der Waals surface area contributed by atoms with Crippen molar-refractivity contribution >= 4 is 17.4 Å². The van der Waals surface area contributed by atoms with Crippen LogP contribution in [0.25, 0.3) is 5.65 Å². The number of aromatic nitrogens is 4. The van der Waals surface area contributed by atoms with Crippen molar-refractivity contribution in [3.05, 3.63) is 18.0 Å². The molecule has 2 aromatic heterocycles. The Kier molecular flexibility index (Phi) is 3.77. The standard InChI is InChI=1S/C17H26N6O/c1-16(2,3)15-20-19-13-8-7-12(21-23(13)15)18-11-9-14(24)22(10-11)17(4,5)6/h7-8,11H,9-10H2,1-6H3,(H,18,21). The van der Waals surface area contributed by atoms with Gasteiger partial charge in [0.2, 0.25) is 5.91 Å². The molecule has 1 aliphatic rings. The molecule has 3 heterocycles. The van der Waals surface area contributed by atoms with Gasteiger partial charge in [-0.3, -0.25) is 4.79 Å². The molecule has 0 radical (unpaired) electrons. The normalized spacial score (nSPS) is 19.3. The predicted molar refractivity (Wildman–Crippen MR) is 93.0 cm³/mol. The third-order valence-corrected chi connectivity index (χ3v) is 4.22. The van der Waals surface area contributed by atoms with Gasteiger partial charge in [0.05, 0.1) is 6.04 Å². The fourth-order valence-electron chi connectivity index (χ4n) is 3.00. The van der Waals surface area contributed by atoms with Crippen LogP contribution in [-0.4, -0.2) is 48.7 Å². The second kappa shape index (κ2) is 5.43. The summed E-state index contributed by atoms with van der Waals surface area (Å²) in [5.41, 5.74) is 0.431. The number of nitrogens with zero attached hydrogens (tertiary/aromatic N) is 5. The molecule has 0 saturated carbocycles. The van der Waals surface area contributed by atoms with Crippen LogP contribution in [0.5, 0.6) is 0 Å². The summed E-state index contributed by atoms with van der Waals surface area (Å²) in [6.45, 7) is 13.1. The van der Waals surface area contributed by atoms with Gasteiger partial charge in [-0.15, -0.1) is 15.3 Å². The molecule has 2 aromatic rings. The van der Waals surface area contributed by atoms with Crippen molar-refractivity contribution in [2.45, 2.75) is 65.0 Å². The third-order valence-electron chi connectivity index (χ3n) is 4.22. The zero-order valence-electron chi connectivity index (χ0n) is 15.3. The molecule has 0 spiro atoms. The lowest BCUT2D eigenvalue weighted by Gasteiger charge is -2.32. The molecule has 1 N–H and O–H groups in total. The van der Waals surface area contributed by atoms with E-state index in [0.717, 1.165) is 17.3 Å². The van der Waals surface area contributed by atoms with Gasteiger partial charge >= 0.3 is 0 Å². The third kappa shape index (κ3) is 3.07. The summed E-state index contributed by atoms with van der Waals surface area (Å²) in [7, 11) is 0. The highest BCUT2D eigenvalue weighted by Gasteiger charge is 2.36. The number of rotatable bonds is 2. The van der Waals surface area contributed by atoms with Crippen molar-refractivity contribution in [3.8, 4) is 0 Å². The molecule has 3 rings (SSSR count). The van der Waals surface area contributed by atoms with Crippen LogP contribution >= 0.6 is 0 Å². The smallest absolute Gasteiger partial charge is 0.225 e. The number of fused-ring (bicyclic) bond motifs is 1. The molecule has 7 nitrogen and oxygen atoms in total. The van der Waals surface area contributed by atoms with E-state index >= 15 is 0 Å². The first-order chi connectivity index (χ1) is 11.1. The highest BCUT2D eigenvalue weighted by Crippen LogP contribution is 2.24. The van der Waals surface area contributed by atoms with Crippen LogP contribution in [0.2, 0.25) is 0 Å². The summed E-state index contributed by atoms with van der Waals surface area (Å²) in [5, 5.41) is 16.4. The number of amides is 1. The molecule has 1 aliphatic heterocycles. The fraction of sp³-hybridized carbons (Fsp3) is 0.647. The summed E-state index contributed by atoms with van der Waals surface area (Å²) in [6.07, 6.45) is 0.491. The summed E-state index contributed by atoms with van der Waals surface area (Å²) in [5.74, 6) is 1.74. The Balaban J connectivity index is 1.83. The minimum atomic E-state index is -0.154. The van der Waals surface area contributed by atoms with Crippen LogP contribution < -0.4 is 5.32 Å². The maximum atomic E-state index is 12.2. The number of carbonyl (C=O) groups excluding carboxylic acids is 1. The SMILES string of the molecule is CC(C)(C)c1nnc2ccc(NC3CC(=O)N(C(C)(C)C)C3)nn12. The molecule has 1 fully saturated rings. The average Bonchev–Trinajstić information content (AvgIpc) is 3.00. The largest absolute Gasteiger partial charge is 0.364 e. The number of hydrogen-bond acceptors (Lipinski definition) is 5. The molecule has 0 aromatic carbocycles. The van der Waals surface area contributed by atoms with Crippen LogP contribution in [0, 0.1) is 0 Å². The lowest BCUT2D eigenvalue weighted by molar-refractivity contribution is -0.131. The van der Waals surface area contributed by atoms with Crippen molar-refractivity contribution < 1.29 is 4.79 Å². The van der Waals surface area contributed by atoms with Crippen LogP contribution in [0.1, 0.15) is 53.8 Å². The van der Waals surface area contributed by atoms with Crippen molar-refractivity contribution in [2.75, 3.05) is 11.9 Å². The van der Waals surface area contributed by atoms with Gasteiger partial charge in [-0.05, 0) is 32.9 Å².